The van der Waals surface area contributed by atoms with E-state index in [1.807, 2.05) is 4.90 Å². The van der Waals surface area contributed by atoms with Crippen LogP contribution in [0, 0.1) is 5.82 Å². The van der Waals surface area contributed by atoms with Gasteiger partial charge in [-0.2, -0.15) is 0 Å². The summed E-state index contributed by atoms with van der Waals surface area (Å²) < 4.78 is 25.6. The molecule has 4 rings (SSSR count). The topological polar surface area (TPSA) is 50.7 Å². The van der Waals surface area contributed by atoms with Gasteiger partial charge in [-0.1, -0.05) is 0 Å². The van der Waals surface area contributed by atoms with Gasteiger partial charge in [-0.25, -0.2) is 14.4 Å². The molecule has 1 aromatic rings. The highest BCUT2D eigenvalue weighted by atomic mass is 19.1. The van der Waals surface area contributed by atoms with Crippen molar-refractivity contribution in [1.82, 2.24) is 14.9 Å². The molecule has 0 unspecified atom stereocenters. The smallest absolute Gasteiger partial charge is 0.183 e. The molecule has 2 atom stereocenters. The van der Waals surface area contributed by atoms with Crippen molar-refractivity contribution >= 4 is 5.82 Å². The number of morpholine rings is 1. The summed E-state index contributed by atoms with van der Waals surface area (Å²) in [6.45, 7) is 6.02. The van der Waals surface area contributed by atoms with Crippen LogP contribution < -0.4 is 4.90 Å². The molecule has 3 aliphatic rings. The van der Waals surface area contributed by atoms with Gasteiger partial charge < -0.3 is 19.3 Å². The Balaban J connectivity index is 1.34. The molecule has 0 bridgehead atoms. The van der Waals surface area contributed by atoms with E-state index in [0.29, 0.717) is 50.5 Å². The Morgan fingerprint density at radius 3 is 2.64 bits per heavy atom. The van der Waals surface area contributed by atoms with Crippen molar-refractivity contribution in [1.29, 1.82) is 0 Å². The predicted octanol–water partition coefficient (Wildman–Crippen LogP) is 1.64. The van der Waals surface area contributed by atoms with Gasteiger partial charge in [-0.05, 0) is 38.8 Å². The molecule has 0 N–H and O–H groups in total. The van der Waals surface area contributed by atoms with Crippen LogP contribution in [0.4, 0.5) is 10.2 Å². The summed E-state index contributed by atoms with van der Waals surface area (Å²) >= 11 is 0. The number of nitrogens with zero attached hydrogens (tertiary/aromatic N) is 4. The van der Waals surface area contributed by atoms with Crippen molar-refractivity contribution in [2.45, 2.75) is 44.3 Å². The summed E-state index contributed by atoms with van der Waals surface area (Å²) in [5.74, 6) is 0.722. The third kappa shape index (κ3) is 4.27. The zero-order valence-electron chi connectivity index (χ0n) is 14.7. The summed E-state index contributed by atoms with van der Waals surface area (Å²) in [5, 5.41) is 0. The Bertz CT molecular complexity index is 576. The fourth-order valence-corrected chi connectivity index (χ4v) is 4.01. The number of halogens is 1. The molecule has 0 aromatic carbocycles. The first-order valence-electron chi connectivity index (χ1n) is 9.50. The van der Waals surface area contributed by atoms with E-state index in [1.54, 1.807) is 0 Å². The summed E-state index contributed by atoms with van der Waals surface area (Å²) in [5.41, 5.74) is 0. The molecule has 3 aliphatic heterocycles. The lowest BCUT2D eigenvalue weighted by Gasteiger charge is -2.28. The average Bonchev–Trinajstić information content (AvgIpc) is 3.30. The van der Waals surface area contributed by atoms with Crippen molar-refractivity contribution in [2.75, 3.05) is 50.8 Å². The minimum atomic E-state index is -0.357. The van der Waals surface area contributed by atoms with Gasteiger partial charge in [0.2, 0.25) is 0 Å². The molecule has 0 spiro atoms. The maximum Gasteiger partial charge on any atom is 0.183 e. The van der Waals surface area contributed by atoms with Crippen molar-refractivity contribution in [3.8, 4) is 0 Å². The Kier molecular flexibility index (Phi) is 5.43. The zero-order valence-corrected chi connectivity index (χ0v) is 14.7. The number of aromatic nitrogens is 2. The van der Waals surface area contributed by atoms with Gasteiger partial charge in [0.15, 0.2) is 11.6 Å². The van der Waals surface area contributed by atoms with E-state index in [4.69, 9.17) is 9.47 Å². The molecule has 0 saturated carbocycles. The summed E-state index contributed by atoms with van der Waals surface area (Å²) in [7, 11) is 0. The van der Waals surface area contributed by atoms with Crippen LogP contribution in [0.5, 0.6) is 0 Å². The number of ether oxygens (including phenoxy) is 2. The standard InChI is InChI=1S/C18H27FN4O2/c19-16-12-20-17(21-18(16)23-7-9-24-10-8-23)11-14-3-4-15(25-14)13-22-5-1-2-6-22/h12,14-15H,1-11,13H2/t14-,15+/m0/s1. The van der Waals surface area contributed by atoms with E-state index in [-0.39, 0.29) is 11.9 Å². The van der Waals surface area contributed by atoms with E-state index >= 15 is 0 Å². The van der Waals surface area contributed by atoms with Gasteiger partial charge in [-0.15, -0.1) is 0 Å². The van der Waals surface area contributed by atoms with Gasteiger partial charge in [0, 0.05) is 26.1 Å². The van der Waals surface area contributed by atoms with Crippen LogP contribution in [-0.2, 0) is 15.9 Å². The lowest BCUT2D eigenvalue weighted by molar-refractivity contribution is 0.0266. The lowest BCUT2D eigenvalue weighted by Crippen LogP contribution is -2.37. The van der Waals surface area contributed by atoms with Crippen LogP contribution in [0.2, 0.25) is 0 Å². The molecule has 138 valence electrons. The maximum atomic E-state index is 14.1. The molecule has 1 aromatic heterocycles. The van der Waals surface area contributed by atoms with E-state index < -0.39 is 0 Å². The summed E-state index contributed by atoms with van der Waals surface area (Å²) in [6, 6.07) is 0. The van der Waals surface area contributed by atoms with E-state index in [1.165, 1.54) is 32.1 Å². The number of anilines is 1. The van der Waals surface area contributed by atoms with E-state index in [9.17, 15) is 4.39 Å². The SMILES string of the molecule is Fc1cnc(C[C@@H]2CC[C@H](CN3CCCC3)O2)nc1N1CCOCC1. The fraction of sp³-hybridized carbons (Fsp3) is 0.778. The van der Waals surface area contributed by atoms with Gasteiger partial charge in [0.1, 0.15) is 5.82 Å². The second-order valence-electron chi connectivity index (χ2n) is 7.23. The van der Waals surface area contributed by atoms with E-state index in [0.717, 1.165) is 19.4 Å². The van der Waals surface area contributed by atoms with Crippen molar-refractivity contribution in [3.05, 3.63) is 17.8 Å². The molecular formula is C18H27FN4O2. The number of rotatable bonds is 5. The third-order valence-corrected chi connectivity index (χ3v) is 5.35. The van der Waals surface area contributed by atoms with Crippen molar-refractivity contribution in [3.63, 3.8) is 0 Å². The monoisotopic (exact) mass is 350 g/mol. The second kappa shape index (κ2) is 7.93. The van der Waals surface area contributed by atoms with Gasteiger partial charge in [0.05, 0.1) is 31.6 Å². The normalized spacial score (nSPS) is 28.0. The third-order valence-electron chi connectivity index (χ3n) is 5.35. The van der Waals surface area contributed by atoms with Crippen LogP contribution in [0.1, 0.15) is 31.5 Å². The maximum absolute atomic E-state index is 14.1. The van der Waals surface area contributed by atoms with Gasteiger partial charge in [-0.3, -0.25) is 0 Å². The lowest BCUT2D eigenvalue weighted by atomic mass is 10.1. The quantitative estimate of drug-likeness (QED) is 0.805. The Labute approximate surface area is 148 Å². The van der Waals surface area contributed by atoms with Crippen molar-refractivity contribution in [2.24, 2.45) is 0 Å². The molecule has 3 saturated heterocycles. The molecule has 25 heavy (non-hydrogen) atoms. The summed E-state index contributed by atoms with van der Waals surface area (Å²) in [4.78, 5) is 13.1. The molecule has 0 amide bonds. The van der Waals surface area contributed by atoms with Crippen LogP contribution in [-0.4, -0.2) is 73.0 Å². The molecule has 0 radical (unpaired) electrons. The highest BCUT2D eigenvalue weighted by molar-refractivity contribution is 5.39. The van der Waals surface area contributed by atoms with Crippen LogP contribution in [0.25, 0.3) is 0 Å². The van der Waals surface area contributed by atoms with E-state index in [2.05, 4.69) is 14.9 Å². The van der Waals surface area contributed by atoms with Crippen molar-refractivity contribution < 1.29 is 13.9 Å². The minimum Gasteiger partial charge on any atom is -0.378 e. The molecule has 3 fully saturated rings. The molecule has 7 heteroatoms. The molecular weight excluding hydrogens is 323 g/mol. The molecule has 0 aliphatic carbocycles. The van der Waals surface area contributed by atoms with Crippen LogP contribution in [0.3, 0.4) is 0 Å². The first-order valence-corrected chi connectivity index (χ1v) is 9.50. The fourth-order valence-electron chi connectivity index (χ4n) is 4.01. The largest absolute Gasteiger partial charge is 0.378 e. The number of hydrogen-bond donors (Lipinski definition) is 0. The minimum absolute atomic E-state index is 0.149. The van der Waals surface area contributed by atoms with Crippen LogP contribution in [0.15, 0.2) is 6.20 Å². The first kappa shape index (κ1) is 17.1. The highest BCUT2D eigenvalue weighted by Crippen LogP contribution is 2.25. The van der Waals surface area contributed by atoms with Crippen LogP contribution >= 0.6 is 0 Å². The first-order chi connectivity index (χ1) is 12.3. The summed E-state index contributed by atoms with van der Waals surface area (Å²) in [6.07, 6.45) is 7.18. The van der Waals surface area contributed by atoms with Gasteiger partial charge in [0.25, 0.3) is 0 Å². The Hall–Kier alpha value is -1.31. The number of hydrogen-bond acceptors (Lipinski definition) is 6. The second-order valence-corrected chi connectivity index (χ2v) is 7.23. The Morgan fingerprint density at radius 1 is 1.08 bits per heavy atom. The molecule has 4 heterocycles. The molecule has 6 nitrogen and oxygen atoms in total. The predicted molar refractivity (Wildman–Crippen MR) is 92.3 cm³/mol. The highest BCUT2D eigenvalue weighted by Gasteiger charge is 2.29. The average molecular weight is 350 g/mol. The Morgan fingerprint density at radius 2 is 1.84 bits per heavy atom. The number of likely N-dealkylation sites (tertiary alicyclic amines) is 1. The van der Waals surface area contributed by atoms with Gasteiger partial charge >= 0.3 is 0 Å². The zero-order chi connectivity index (χ0) is 17.1.